The number of aromatic nitrogens is 2. The summed E-state index contributed by atoms with van der Waals surface area (Å²) < 4.78 is 23.5. The zero-order valence-electron chi connectivity index (χ0n) is 15.5. The molecule has 0 radical (unpaired) electrons. The maximum atomic E-state index is 13.0. The van der Waals surface area contributed by atoms with Crippen LogP contribution in [0.25, 0.3) is 0 Å². The van der Waals surface area contributed by atoms with E-state index in [1.54, 1.807) is 24.4 Å². The van der Waals surface area contributed by atoms with Crippen molar-refractivity contribution in [3.63, 3.8) is 0 Å². The first kappa shape index (κ1) is 20.3. The van der Waals surface area contributed by atoms with Crippen LogP contribution in [0.3, 0.4) is 0 Å². The molecule has 0 saturated carbocycles. The Morgan fingerprint density at radius 1 is 1.39 bits per heavy atom. The number of hydrogen-bond donors (Lipinski definition) is 3. The molecule has 1 atom stereocenters. The highest BCUT2D eigenvalue weighted by Gasteiger charge is 2.17. The van der Waals surface area contributed by atoms with Gasteiger partial charge in [0.2, 0.25) is 5.95 Å². The minimum absolute atomic E-state index is 0.368. The van der Waals surface area contributed by atoms with Crippen molar-refractivity contribution in [1.29, 1.82) is 0 Å². The Morgan fingerprint density at radius 2 is 2.21 bits per heavy atom. The summed E-state index contributed by atoms with van der Waals surface area (Å²) in [5.41, 5.74) is 0.668. The predicted octanol–water partition coefficient (Wildman–Crippen LogP) is 3.36. The second-order valence-electron chi connectivity index (χ2n) is 6.11. The van der Waals surface area contributed by atoms with Gasteiger partial charge in [-0.1, -0.05) is 0 Å². The number of hydrogen-bond acceptors (Lipinski definition) is 7. The third-order valence-corrected chi connectivity index (χ3v) is 6.19. The number of halogens is 1. The van der Waals surface area contributed by atoms with E-state index in [0.717, 1.165) is 23.9 Å². The fourth-order valence-electron chi connectivity index (χ4n) is 2.56. The summed E-state index contributed by atoms with van der Waals surface area (Å²) in [6, 6.07) is 4.44. The standard InChI is InChI=1S/C17H21BrN6O3S/c1-19-17(25)24-28(2,26)14-6-5-11-9-13(14)27-8-4-3-7-20-15-12(18)10-21-16(22-11)23-15/h5-6,9-10H,3-4,7-8H2,1-2H3,(H,19,25)(H2,20,21,22,23). The number of carbonyl (C=O) groups is 1. The molecular formula is C17H21BrN6O3S. The van der Waals surface area contributed by atoms with Gasteiger partial charge in [-0.05, 0) is 40.9 Å². The third kappa shape index (κ3) is 4.90. The van der Waals surface area contributed by atoms with Gasteiger partial charge in [0.1, 0.15) is 11.6 Å². The minimum atomic E-state index is -2.97. The van der Waals surface area contributed by atoms with E-state index in [-0.39, 0.29) is 0 Å². The lowest BCUT2D eigenvalue weighted by molar-refractivity contribution is 0.251. The first-order chi connectivity index (χ1) is 13.4. The maximum absolute atomic E-state index is 13.0. The predicted molar refractivity (Wildman–Crippen MR) is 112 cm³/mol. The van der Waals surface area contributed by atoms with E-state index >= 15 is 0 Å². The number of nitrogens with one attached hydrogen (secondary N) is 3. The van der Waals surface area contributed by atoms with Crippen molar-refractivity contribution in [1.82, 2.24) is 15.3 Å². The highest BCUT2D eigenvalue weighted by molar-refractivity contribution is 9.10. The SMILES string of the molecule is CNC(=O)N=S(C)(=O)c1ccc2cc1OCCCCNc1nc(ncc1Br)N2. The van der Waals surface area contributed by atoms with E-state index in [1.807, 2.05) is 0 Å². The molecule has 2 aromatic rings. The van der Waals surface area contributed by atoms with Gasteiger partial charge in [-0.3, -0.25) is 0 Å². The molecule has 0 spiro atoms. The number of carbonyl (C=O) groups excluding carboxylic acids is 1. The number of amides is 2. The van der Waals surface area contributed by atoms with Crippen molar-refractivity contribution in [2.24, 2.45) is 4.36 Å². The van der Waals surface area contributed by atoms with Crippen molar-refractivity contribution in [2.75, 3.05) is 37.1 Å². The highest BCUT2D eigenvalue weighted by atomic mass is 79.9. The fourth-order valence-corrected chi connectivity index (χ4v) is 4.21. The normalized spacial score (nSPS) is 15.8. The average molecular weight is 469 g/mol. The second kappa shape index (κ2) is 8.74. The fraction of sp³-hybridized carbons (Fsp3) is 0.353. The van der Waals surface area contributed by atoms with E-state index in [9.17, 15) is 9.00 Å². The van der Waals surface area contributed by atoms with Crippen LogP contribution in [-0.2, 0) is 9.73 Å². The smallest absolute Gasteiger partial charge is 0.349 e. The van der Waals surface area contributed by atoms with Crippen LogP contribution in [0.4, 0.5) is 22.2 Å². The van der Waals surface area contributed by atoms with Crippen LogP contribution in [0.5, 0.6) is 5.75 Å². The summed E-state index contributed by atoms with van der Waals surface area (Å²) in [4.78, 5) is 20.7. The lowest BCUT2D eigenvalue weighted by atomic mass is 10.3. The van der Waals surface area contributed by atoms with E-state index in [4.69, 9.17) is 4.74 Å². The van der Waals surface area contributed by atoms with Gasteiger partial charge in [0.05, 0.1) is 25.7 Å². The van der Waals surface area contributed by atoms with Crippen molar-refractivity contribution in [2.45, 2.75) is 17.7 Å². The van der Waals surface area contributed by atoms with E-state index in [2.05, 4.69) is 46.2 Å². The Hall–Kier alpha value is -2.40. The second-order valence-corrected chi connectivity index (χ2v) is 9.19. The molecule has 1 aliphatic heterocycles. The van der Waals surface area contributed by atoms with Crippen LogP contribution in [0.1, 0.15) is 12.8 Å². The Balaban J connectivity index is 2.02. The summed E-state index contributed by atoms with van der Waals surface area (Å²) in [5.74, 6) is 1.53. The molecule has 1 aliphatic rings. The average Bonchev–Trinajstić information content (AvgIpc) is 2.66. The van der Waals surface area contributed by atoms with Crippen LogP contribution in [0, 0.1) is 0 Å². The Morgan fingerprint density at radius 3 is 3.00 bits per heavy atom. The molecular weight excluding hydrogens is 448 g/mol. The molecule has 2 heterocycles. The molecule has 150 valence electrons. The molecule has 0 fully saturated rings. The number of benzene rings is 1. The first-order valence-electron chi connectivity index (χ1n) is 8.63. The van der Waals surface area contributed by atoms with Gasteiger partial charge in [-0.2, -0.15) is 4.98 Å². The molecule has 9 nitrogen and oxygen atoms in total. The van der Waals surface area contributed by atoms with Crippen LogP contribution in [0.2, 0.25) is 0 Å². The lowest BCUT2D eigenvalue weighted by Gasteiger charge is -2.14. The van der Waals surface area contributed by atoms with Crippen molar-refractivity contribution >= 4 is 49.1 Å². The van der Waals surface area contributed by atoms with Gasteiger partial charge in [0.15, 0.2) is 0 Å². The largest absolute Gasteiger partial charge is 0.492 e. The Kier molecular flexibility index (Phi) is 6.35. The minimum Gasteiger partial charge on any atom is -0.492 e. The van der Waals surface area contributed by atoms with Crippen molar-refractivity contribution in [3.8, 4) is 5.75 Å². The van der Waals surface area contributed by atoms with Crippen molar-refractivity contribution in [3.05, 3.63) is 28.9 Å². The molecule has 0 aliphatic carbocycles. The van der Waals surface area contributed by atoms with Gasteiger partial charge in [-0.25, -0.2) is 14.0 Å². The number of nitrogens with zero attached hydrogens (tertiary/aromatic N) is 3. The molecule has 2 amide bonds. The van der Waals surface area contributed by atoms with Crippen molar-refractivity contribution < 1.29 is 13.7 Å². The first-order valence-corrected chi connectivity index (χ1v) is 11.3. The molecule has 1 aromatic carbocycles. The van der Waals surface area contributed by atoms with Gasteiger partial charge < -0.3 is 20.7 Å². The molecule has 3 rings (SSSR count). The third-order valence-electron chi connectivity index (χ3n) is 3.94. The van der Waals surface area contributed by atoms with Gasteiger partial charge >= 0.3 is 6.03 Å². The van der Waals surface area contributed by atoms with Gasteiger partial charge in [0.25, 0.3) is 0 Å². The molecule has 3 N–H and O–H groups in total. The summed E-state index contributed by atoms with van der Waals surface area (Å²) in [6.45, 7) is 1.16. The summed E-state index contributed by atoms with van der Waals surface area (Å²) >= 11 is 3.44. The molecule has 1 unspecified atom stereocenters. The van der Waals surface area contributed by atoms with E-state index < -0.39 is 15.8 Å². The molecule has 28 heavy (non-hydrogen) atoms. The lowest BCUT2D eigenvalue weighted by Crippen LogP contribution is -2.16. The van der Waals surface area contributed by atoms with Gasteiger partial charge in [-0.15, -0.1) is 4.36 Å². The number of rotatable bonds is 1. The van der Waals surface area contributed by atoms with E-state index in [1.165, 1.54) is 13.3 Å². The molecule has 1 aromatic heterocycles. The maximum Gasteiger partial charge on any atom is 0.349 e. The quantitative estimate of drug-likeness (QED) is 0.586. The zero-order chi connectivity index (χ0) is 20.1. The molecule has 11 heteroatoms. The number of ether oxygens (including phenoxy) is 1. The highest BCUT2D eigenvalue weighted by Crippen LogP contribution is 2.31. The van der Waals surface area contributed by atoms with Gasteiger partial charge in [0, 0.05) is 37.8 Å². The topological polar surface area (TPSA) is 118 Å². The number of urea groups is 1. The Labute approximate surface area is 172 Å². The summed E-state index contributed by atoms with van der Waals surface area (Å²) in [5, 5.41) is 8.74. The number of fused-ring (bicyclic) bond motifs is 4. The van der Waals surface area contributed by atoms with Crippen LogP contribution >= 0.6 is 15.9 Å². The summed E-state index contributed by atoms with van der Waals surface area (Å²) in [7, 11) is -1.53. The van der Waals surface area contributed by atoms with Crippen LogP contribution in [0.15, 0.2) is 38.1 Å². The molecule has 0 saturated heterocycles. The molecule has 4 bridgehead atoms. The zero-order valence-corrected chi connectivity index (χ0v) is 17.9. The Bertz CT molecular complexity index is 1010. The van der Waals surface area contributed by atoms with Crippen LogP contribution in [-0.4, -0.2) is 46.7 Å². The monoisotopic (exact) mass is 468 g/mol. The van der Waals surface area contributed by atoms with Crippen LogP contribution < -0.4 is 20.7 Å². The number of anilines is 3. The van der Waals surface area contributed by atoms with E-state index in [0.29, 0.717) is 34.7 Å². The summed E-state index contributed by atoms with van der Waals surface area (Å²) in [6.07, 6.45) is 4.74.